The number of morpholine rings is 1. The fourth-order valence-electron chi connectivity index (χ4n) is 2.43. The van der Waals surface area contributed by atoms with Gasteiger partial charge in [0.25, 0.3) is 0 Å². The van der Waals surface area contributed by atoms with E-state index in [9.17, 15) is 0 Å². The number of benzene rings is 1. The number of nitrogens with zero attached hydrogens (tertiary/aromatic N) is 1. The van der Waals surface area contributed by atoms with Crippen molar-refractivity contribution in [2.24, 2.45) is 0 Å². The highest BCUT2D eigenvalue weighted by molar-refractivity contribution is 5.29. The smallest absolute Gasteiger partial charge is 0.119 e. The minimum Gasteiger partial charge on any atom is -0.494 e. The third kappa shape index (κ3) is 4.80. The van der Waals surface area contributed by atoms with E-state index in [-0.39, 0.29) is 0 Å². The van der Waals surface area contributed by atoms with Gasteiger partial charge in [0.1, 0.15) is 5.75 Å². The summed E-state index contributed by atoms with van der Waals surface area (Å²) >= 11 is 0. The maximum Gasteiger partial charge on any atom is 0.119 e. The van der Waals surface area contributed by atoms with Gasteiger partial charge >= 0.3 is 0 Å². The molecular weight excluding hydrogens is 250 g/mol. The van der Waals surface area contributed by atoms with E-state index in [1.54, 1.807) is 0 Å². The van der Waals surface area contributed by atoms with Crippen molar-refractivity contribution in [1.82, 2.24) is 4.90 Å². The van der Waals surface area contributed by atoms with Crippen molar-refractivity contribution in [3.63, 3.8) is 0 Å². The Balaban J connectivity index is 1.66. The van der Waals surface area contributed by atoms with E-state index < -0.39 is 0 Å². The highest BCUT2D eigenvalue weighted by Crippen LogP contribution is 2.21. The van der Waals surface area contributed by atoms with E-state index in [2.05, 4.69) is 43.0 Å². The van der Waals surface area contributed by atoms with E-state index in [4.69, 9.17) is 9.47 Å². The van der Waals surface area contributed by atoms with Gasteiger partial charge in [-0.3, -0.25) is 4.90 Å². The SMILES string of the molecule is CCC(C)c1ccc(OCCCN2CCOCC2)cc1. The fourth-order valence-corrected chi connectivity index (χ4v) is 2.43. The number of rotatable bonds is 7. The molecule has 1 saturated heterocycles. The topological polar surface area (TPSA) is 21.7 Å². The van der Waals surface area contributed by atoms with Gasteiger partial charge in [0.2, 0.25) is 0 Å². The van der Waals surface area contributed by atoms with Crippen LogP contribution in [0.1, 0.15) is 38.2 Å². The summed E-state index contributed by atoms with van der Waals surface area (Å²) in [6, 6.07) is 8.56. The van der Waals surface area contributed by atoms with E-state index in [0.29, 0.717) is 5.92 Å². The third-order valence-electron chi connectivity index (χ3n) is 4.05. The molecule has 0 radical (unpaired) electrons. The number of hydrogen-bond acceptors (Lipinski definition) is 3. The van der Waals surface area contributed by atoms with Crippen molar-refractivity contribution < 1.29 is 9.47 Å². The predicted octanol–water partition coefficient (Wildman–Crippen LogP) is 3.30. The summed E-state index contributed by atoms with van der Waals surface area (Å²) in [7, 11) is 0. The molecular formula is C17H27NO2. The van der Waals surface area contributed by atoms with Gasteiger partial charge < -0.3 is 9.47 Å². The normalized spacial score (nSPS) is 17.9. The standard InChI is InChI=1S/C17H27NO2/c1-3-15(2)16-5-7-17(8-6-16)20-12-4-9-18-10-13-19-14-11-18/h5-8,15H,3-4,9-14H2,1-2H3. The first-order valence-corrected chi connectivity index (χ1v) is 7.82. The summed E-state index contributed by atoms with van der Waals surface area (Å²) in [5, 5.41) is 0. The maximum absolute atomic E-state index is 5.81. The molecule has 3 nitrogen and oxygen atoms in total. The minimum absolute atomic E-state index is 0.630. The zero-order valence-electron chi connectivity index (χ0n) is 12.8. The first-order valence-electron chi connectivity index (χ1n) is 7.82. The van der Waals surface area contributed by atoms with Crippen LogP contribution in [0.15, 0.2) is 24.3 Å². The quantitative estimate of drug-likeness (QED) is 0.714. The summed E-state index contributed by atoms with van der Waals surface area (Å²) in [6.45, 7) is 10.2. The molecule has 3 heteroatoms. The van der Waals surface area contributed by atoms with Crippen molar-refractivity contribution in [2.75, 3.05) is 39.5 Å². The first-order chi connectivity index (χ1) is 9.79. The van der Waals surface area contributed by atoms with Gasteiger partial charge in [0.05, 0.1) is 19.8 Å². The van der Waals surface area contributed by atoms with Crippen LogP contribution in [-0.2, 0) is 4.74 Å². The lowest BCUT2D eigenvalue weighted by atomic mass is 9.99. The highest BCUT2D eigenvalue weighted by Gasteiger charge is 2.09. The molecule has 112 valence electrons. The lowest BCUT2D eigenvalue weighted by Gasteiger charge is -2.26. The summed E-state index contributed by atoms with van der Waals surface area (Å²) in [5.74, 6) is 1.62. The van der Waals surface area contributed by atoms with Crippen LogP contribution >= 0.6 is 0 Å². The largest absolute Gasteiger partial charge is 0.494 e. The molecule has 2 rings (SSSR count). The third-order valence-corrected chi connectivity index (χ3v) is 4.05. The van der Waals surface area contributed by atoms with Crippen LogP contribution in [0.4, 0.5) is 0 Å². The van der Waals surface area contributed by atoms with Crippen LogP contribution in [0.5, 0.6) is 5.75 Å². The summed E-state index contributed by atoms with van der Waals surface area (Å²) in [4.78, 5) is 2.44. The second kappa shape index (κ2) is 8.28. The molecule has 0 N–H and O–H groups in total. The van der Waals surface area contributed by atoms with E-state index >= 15 is 0 Å². The van der Waals surface area contributed by atoms with Crippen molar-refractivity contribution >= 4 is 0 Å². The molecule has 1 aliphatic heterocycles. The molecule has 0 amide bonds. The Morgan fingerprint density at radius 1 is 1.20 bits per heavy atom. The Bertz CT molecular complexity index is 371. The van der Waals surface area contributed by atoms with Crippen molar-refractivity contribution in [3.05, 3.63) is 29.8 Å². The van der Waals surface area contributed by atoms with Gasteiger partial charge in [-0.15, -0.1) is 0 Å². The van der Waals surface area contributed by atoms with Crippen LogP contribution in [-0.4, -0.2) is 44.4 Å². The zero-order chi connectivity index (χ0) is 14.2. The van der Waals surface area contributed by atoms with E-state index in [1.807, 2.05) is 0 Å². The van der Waals surface area contributed by atoms with Gasteiger partial charge in [-0.2, -0.15) is 0 Å². The van der Waals surface area contributed by atoms with Gasteiger partial charge in [0, 0.05) is 19.6 Å². The molecule has 1 heterocycles. The summed E-state index contributed by atoms with van der Waals surface area (Å²) in [6.07, 6.45) is 2.26. The van der Waals surface area contributed by atoms with E-state index in [0.717, 1.165) is 51.6 Å². The zero-order valence-corrected chi connectivity index (χ0v) is 12.8. The molecule has 0 aliphatic carbocycles. The molecule has 1 unspecified atom stereocenters. The van der Waals surface area contributed by atoms with Crippen LogP contribution in [0.25, 0.3) is 0 Å². The monoisotopic (exact) mass is 277 g/mol. The average molecular weight is 277 g/mol. The highest BCUT2D eigenvalue weighted by atomic mass is 16.5. The summed E-state index contributed by atoms with van der Waals surface area (Å²) < 4.78 is 11.1. The van der Waals surface area contributed by atoms with Gasteiger partial charge in [-0.25, -0.2) is 0 Å². The lowest BCUT2D eigenvalue weighted by Crippen LogP contribution is -2.37. The molecule has 20 heavy (non-hydrogen) atoms. The van der Waals surface area contributed by atoms with Gasteiger partial charge in [-0.1, -0.05) is 26.0 Å². The van der Waals surface area contributed by atoms with Crippen LogP contribution < -0.4 is 4.74 Å². The van der Waals surface area contributed by atoms with Crippen LogP contribution in [0.2, 0.25) is 0 Å². The van der Waals surface area contributed by atoms with Gasteiger partial charge in [-0.05, 0) is 36.5 Å². The van der Waals surface area contributed by atoms with Crippen molar-refractivity contribution in [1.29, 1.82) is 0 Å². The number of hydrogen-bond donors (Lipinski definition) is 0. The average Bonchev–Trinajstić information content (AvgIpc) is 2.52. The molecule has 1 aliphatic rings. The molecule has 1 fully saturated rings. The fraction of sp³-hybridized carbons (Fsp3) is 0.647. The van der Waals surface area contributed by atoms with E-state index in [1.165, 1.54) is 12.0 Å². The number of ether oxygens (including phenoxy) is 2. The maximum atomic E-state index is 5.81. The lowest BCUT2D eigenvalue weighted by molar-refractivity contribution is 0.0358. The Kier molecular flexibility index (Phi) is 6.34. The van der Waals surface area contributed by atoms with Crippen molar-refractivity contribution in [3.8, 4) is 5.75 Å². The Labute approximate surface area is 122 Å². The second-order valence-corrected chi connectivity index (χ2v) is 5.53. The molecule has 0 bridgehead atoms. The molecule has 0 spiro atoms. The molecule has 0 aromatic heterocycles. The molecule has 0 saturated carbocycles. The van der Waals surface area contributed by atoms with Gasteiger partial charge in [0.15, 0.2) is 0 Å². The Morgan fingerprint density at radius 2 is 1.90 bits per heavy atom. The van der Waals surface area contributed by atoms with Crippen LogP contribution in [0.3, 0.4) is 0 Å². The minimum atomic E-state index is 0.630. The predicted molar refractivity (Wildman–Crippen MR) is 82.5 cm³/mol. The Hall–Kier alpha value is -1.06. The Morgan fingerprint density at radius 3 is 2.55 bits per heavy atom. The molecule has 1 aromatic rings. The second-order valence-electron chi connectivity index (χ2n) is 5.53. The molecule has 1 aromatic carbocycles. The summed E-state index contributed by atoms with van der Waals surface area (Å²) in [5.41, 5.74) is 1.40. The molecule has 1 atom stereocenters. The van der Waals surface area contributed by atoms with Crippen molar-refractivity contribution in [2.45, 2.75) is 32.6 Å². The first kappa shape index (κ1) is 15.3. The van der Waals surface area contributed by atoms with Crippen LogP contribution in [0, 0.1) is 0 Å².